The number of hydrogen-bond acceptors (Lipinski definition) is 6. The number of carboxylic acids is 2. The lowest BCUT2D eigenvalue weighted by molar-refractivity contribution is -0.142. The zero-order valence-electron chi connectivity index (χ0n) is 31.8. The summed E-state index contributed by atoms with van der Waals surface area (Å²) in [5.41, 5.74) is 0. The predicted molar refractivity (Wildman–Crippen MR) is 199 cm³/mol. The van der Waals surface area contributed by atoms with Gasteiger partial charge in [0.05, 0.1) is 0 Å². The van der Waals surface area contributed by atoms with Crippen molar-refractivity contribution in [2.24, 2.45) is 17.8 Å². The van der Waals surface area contributed by atoms with E-state index in [4.69, 9.17) is 5.11 Å². The third-order valence-corrected chi connectivity index (χ3v) is 9.52. The van der Waals surface area contributed by atoms with Crippen LogP contribution < -0.4 is 10.6 Å². The lowest BCUT2D eigenvalue weighted by Crippen LogP contribution is -2.41. The van der Waals surface area contributed by atoms with E-state index in [2.05, 4.69) is 17.6 Å². The minimum atomic E-state index is -1.16. The average Bonchev–Trinajstić information content (AvgIpc) is 3.07. The van der Waals surface area contributed by atoms with Crippen LogP contribution in [0.25, 0.3) is 0 Å². The zero-order valence-corrected chi connectivity index (χ0v) is 31.8. The highest BCUT2D eigenvalue weighted by atomic mass is 16.4. The van der Waals surface area contributed by atoms with Crippen LogP contribution in [0.4, 0.5) is 0 Å². The van der Waals surface area contributed by atoms with Crippen molar-refractivity contribution in [2.45, 2.75) is 181 Å². The minimum Gasteiger partial charge on any atom is -0.481 e. The molecule has 2 amide bonds. The van der Waals surface area contributed by atoms with Gasteiger partial charge in [-0.25, -0.2) is 4.79 Å². The summed E-state index contributed by atoms with van der Waals surface area (Å²) in [6.45, 7) is 8.10. The van der Waals surface area contributed by atoms with E-state index < -0.39 is 29.8 Å². The first kappa shape index (κ1) is 47.0. The molecule has 0 saturated carbocycles. The van der Waals surface area contributed by atoms with E-state index in [-0.39, 0.29) is 67.8 Å². The molecule has 10 nitrogen and oxygen atoms in total. The van der Waals surface area contributed by atoms with Gasteiger partial charge in [0.1, 0.15) is 17.6 Å². The quantitative estimate of drug-likeness (QED) is 0.0383. The topological polar surface area (TPSA) is 167 Å². The normalized spacial score (nSPS) is 13.8. The molecule has 0 aromatic carbocycles. The summed E-state index contributed by atoms with van der Waals surface area (Å²) in [4.78, 5) is 72.8. The molecule has 4 N–H and O–H groups in total. The summed E-state index contributed by atoms with van der Waals surface area (Å²) in [7, 11) is 0. The number of unbranched alkanes of at least 4 members (excludes halogenated alkanes) is 13. The molecule has 0 aliphatic carbocycles. The molecule has 0 aromatic heterocycles. The third-order valence-electron chi connectivity index (χ3n) is 9.52. The van der Waals surface area contributed by atoms with Crippen LogP contribution in [-0.4, -0.2) is 58.1 Å². The monoisotopic (exact) mass is 707 g/mol. The van der Waals surface area contributed by atoms with Crippen LogP contribution >= 0.6 is 0 Å². The number of ketones is 2. The Labute approximate surface area is 302 Å². The van der Waals surface area contributed by atoms with Crippen molar-refractivity contribution in [3.8, 4) is 0 Å². The lowest BCUT2D eigenvalue weighted by atomic mass is 9.86. The number of Topliss-reactive ketones (excluding diaryl/α,β-unsaturated/α-hetero) is 2. The van der Waals surface area contributed by atoms with E-state index >= 15 is 0 Å². The molecule has 4 atom stereocenters. The number of carbonyl (C=O) groups excluding carboxylic acids is 4. The molecule has 10 heteroatoms. The summed E-state index contributed by atoms with van der Waals surface area (Å²) in [5.74, 6) is -3.72. The molecule has 0 saturated heterocycles. The zero-order chi connectivity index (χ0) is 37.6. The highest BCUT2D eigenvalue weighted by molar-refractivity contribution is 5.89. The van der Waals surface area contributed by atoms with E-state index in [0.717, 1.165) is 32.1 Å². The van der Waals surface area contributed by atoms with Gasteiger partial charge in [0.15, 0.2) is 0 Å². The number of nitrogens with one attached hydrogen (secondary N) is 2. The second-order valence-corrected chi connectivity index (χ2v) is 14.1. The molecule has 0 aliphatic rings. The van der Waals surface area contributed by atoms with Gasteiger partial charge in [0, 0.05) is 44.1 Å². The Morgan fingerprint density at radius 2 is 1.22 bits per heavy atom. The summed E-state index contributed by atoms with van der Waals surface area (Å²) >= 11 is 0. The molecule has 0 bridgehead atoms. The predicted octanol–water partition coefficient (Wildman–Crippen LogP) is 8.35. The van der Waals surface area contributed by atoms with Crippen LogP contribution in [0.15, 0.2) is 12.2 Å². The maximum absolute atomic E-state index is 13.0. The largest absolute Gasteiger partial charge is 0.481 e. The highest BCUT2D eigenvalue weighted by Gasteiger charge is 2.24. The summed E-state index contributed by atoms with van der Waals surface area (Å²) in [5, 5.41) is 24.0. The van der Waals surface area contributed by atoms with E-state index in [0.29, 0.717) is 25.8 Å². The van der Waals surface area contributed by atoms with Crippen molar-refractivity contribution >= 4 is 35.3 Å². The van der Waals surface area contributed by atoms with Crippen molar-refractivity contribution in [2.75, 3.05) is 6.54 Å². The van der Waals surface area contributed by atoms with E-state index in [1.54, 1.807) is 6.08 Å². The van der Waals surface area contributed by atoms with Gasteiger partial charge >= 0.3 is 11.9 Å². The summed E-state index contributed by atoms with van der Waals surface area (Å²) in [6.07, 6.45) is 22.3. The summed E-state index contributed by atoms with van der Waals surface area (Å²) < 4.78 is 0. The molecular formula is C40H70N2O8. The number of hydrogen-bond donors (Lipinski definition) is 4. The standard InChI is InChI=1S/C40H70N2O8/c1-5-7-8-9-10-11-12-13-14-15-16-17-18-22-38(46)42-35(40(49)50)26-27-37(45)41-29-20-19-21-34(32(4)43)30-36(44)33(25-28-39(47)48)24-23-31(3)6-2/h23-24,31,33-35H,5-22,25-30H2,1-4H3,(H,41,45)(H,42,46)(H,47,48)(H,49,50)/b24-23+/t31-,33+,34-,35?/m1/s1. The minimum absolute atomic E-state index is 0.00540. The van der Waals surface area contributed by atoms with Crippen LogP contribution in [-0.2, 0) is 28.8 Å². The first-order valence-corrected chi connectivity index (χ1v) is 19.6. The maximum Gasteiger partial charge on any atom is 0.326 e. The molecule has 0 radical (unpaired) electrons. The number of allylic oxidation sites excluding steroid dienone is 2. The molecule has 0 spiro atoms. The molecular weight excluding hydrogens is 636 g/mol. The van der Waals surface area contributed by atoms with Crippen LogP contribution in [0.2, 0.25) is 0 Å². The number of amides is 2. The second-order valence-electron chi connectivity index (χ2n) is 14.1. The van der Waals surface area contributed by atoms with Crippen molar-refractivity contribution < 1.29 is 39.0 Å². The van der Waals surface area contributed by atoms with Gasteiger partial charge in [0.25, 0.3) is 0 Å². The molecule has 0 heterocycles. The fourth-order valence-electron chi connectivity index (χ4n) is 5.88. The van der Waals surface area contributed by atoms with Gasteiger partial charge < -0.3 is 20.8 Å². The Kier molecular flexibility index (Phi) is 28.9. The lowest BCUT2D eigenvalue weighted by Gasteiger charge is -2.17. The van der Waals surface area contributed by atoms with E-state index in [9.17, 15) is 33.9 Å². The van der Waals surface area contributed by atoms with Crippen LogP contribution in [0.1, 0.15) is 175 Å². The van der Waals surface area contributed by atoms with Crippen LogP contribution in [0.5, 0.6) is 0 Å². The average molecular weight is 707 g/mol. The van der Waals surface area contributed by atoms with Gasteiger partial charge in [-0.3, -0.25) is 24.0 Å². The van der Waals surface area contributed by atoms with Gasteiger partial charge in [-0.2, -0.15) is 0 Å². The Bertz CT molecular complexity index is 1010. The summed E-state index contributed by atoms with van der Waals surface area (Å²) in [6, 6.07) is -1.12. The number of aliphatic carboxylic acids is 2. The van der Waals surface area contributed by atoms with Crippen molar-refractivity contribution in [3.63, 3.8) is 0 Å². The Morgan fingerprint density at radius 1 is 0.640 bits per heavy atom. The first-order valence-electron chi connectivity index (χ1n) is 19.6. The molecule has 288 valence electrons. The number of rotatable bonds is 34. The van der Waals surface area contributed by atoms with Gasteiger partial charge in [-0.05, 0) is 44.9 Å². The van der Waals surface area contributed by atoms with Gasteiger partial charge in [-0.1, -0.05) is 123 Å². The fourth-order valence-corrected chi connectivity index (χ4v) is 5.88. The molecule has 0 aromatic rings. The van der Waals surface area contributed by atoms with E-state index in [1.807, 2.05) is 19.9 Å². The Hall–Kier alpha value is -3.04. The molecule has 50 heavy (non-hydrogen) atoms. The van der Waals surface area contributed by atoms with Gasteiger partial charge in [-0.15, -0.1) is 0 Å². The van der Waals surface area contributed by atoms with Crippen molar-refractivity contribution in [1.29, 1.82) is 0 Å². The fraction of sp³-hybridized carbons (Fsp3) is 0.800. The molecule has 0 aliphatic heterocycles. The van der Waals surface area contributed by atoms with Crippen LogP contribution in [0, 0.1) is 17.8 Å². The first-order chi connectivity index (χ1) is 23.9. The van der Waals surface area contributed by atoms with Gasteiger partial charge in [0.2, 0.25) is 11.8 Å². The number of carbonyl (C=O) groups is 6. The third kappa shape index (κ3) is 26.8. The second kappa shape index (κ2) is 30.8. The highest BCUT2D eigenvalue weighted by Crippen LogP contribution is 2.21. The van der Waals surface area contributed by atoms with Crippen molar-refractivity contribution in [1.82, 2.24) is 10.6 Å². The van der Waals surface area contributed by atoms with Crippen molar-refractivity contribution in [3.05, 3.63) is 12.2 Å². The van der Waals surface area contributed by atoms with Crippen LogP contribution in [0.3, 0.4) is 0 Å². The maximum atomic E-state index is 13.0. The Morgan fingerprint density at radius 3 is 1.74 bits per heavy atom. The SMILES string of the molecule is CCCCCCCCCCCCCCCC(=O)NC(CCC(=O)NCCCC[C@H](CC(=O)[C@@H](/C=C/[C@H](C)CC)CCC(=O)O)C(C)=O)C(=O)O. The molecule has 0 fully saturated rings. The smallest absolute Gasteiger partial charge is 0.326 e. The van der Waals surface area contributed by atoms with E-state index in [1.165, 1.54) is 64.7 Å². The number of carboxylic acid groups (broad SMARTS) is 2. The molecule has 0 rings (SSSR count). The Balaban J connectivity index is 4.33. The molecule has 1 unspecified atom stereocenters.